The molecule has 1 aliphatic rings. The Morgan fingerprint density at radius 2 is 1.88 bits per heavy atom. The highest BCUT2D eigenvalue weighted by Crippen LogP contribution is 2.21. The SMILES string of the molecule is COc1ccc(-c2n[nH]c(=S)n2CC(=O)NC2CCCCCCC2)cc1. The number of nitrogens with one attached hydrogen (secondary N) is 2. The number of amides is 1. The average molecular weight is 375 g/mol. The van der Waals surface area contributed by atoms with Gasteiger partial charge in [-0.2, -0.15) is 5.10 Å². The number of benzene rings is 1. The lowest BCUT2D eigenvalue weighted by molar-refractivity contribution is -0.122. The van der Waals surface area contributed by atoms with Crippen molar-refractivity contribution in [2.24, 2.45) is 0 Å². The van der Waals surface area contributed by atoms with E-state index in [0.29, 0.717) is 10.6 Å². The van der Waals surface area contributed by atoms with E-state index in [2.05, 4.69) is 15.5 Å². The Balaban J connectivity index is 1.69. The monoisotopic (exact) mass is 374 g/mol. The number of rotatable bonds is 5. The van der Waals surface area contributed by atoms with Crippen molar-refractivity contribution in [3.05, 3.63) is 29.0 Å². The Bertz CT molecular complexity index is 774. The van der Waals surface area contributed by atoms with E-state index in [1.54, 1.807) is 11.7 Å². The molecule has 1 heterocycles. The highest BCUT2D eigenvalue weighted by Gasteiger charge is 2.17. The number of aromatic nitrogens is 3. The smallest absolute Gasteiger partial charge is 0.240 e. The number of nitrogens with zero attached hydrogens (tertiary/aromatic N) is 2. The maximum absolute atomic E-state index is 12.6. The molecule has 0 unspecified atom stereocenters. The predicted octanol–water partition coefficient (Wildman–Crippen LogP) is 3.85. The van der Waals surface area contributed by atoms with E-state index in [4.69, 9.17) is 17.0 Å². The minimum Gasteiger partial charge on any atom is -0.497 e. The van der Waals surface area contributed by atoms with E-state index in [-0.39, 0.29) is 18.5 Å². The van der Waals surface area contributed by atoms with Gasteiger partial charge in [0.2, 0.25) is 5.91 Å². The fourth-order valence-corrected chi connectivity index (χ4v) is 3.64. The fraction of sp³-hybridized carbons (Fsp3) is 0.526. The van der Waals surface area contributed by atoms with Gasteiger partial charge in [0.15, 0.2) is 10.6 Å². The van der Waals surface area contributed by atoms with Crippen molar-refractivity contribution in [1.82, 2.24) is 20.1 Å². The Kier molecular flexibility index (Phi) is 6.44. The van der Waals surface area contributed by atoms with E-state index >= 15 is 0 Å². The van der Waals surface area contributed by atoms with Crippen LogP contribution in [0, 0.1) is 4.77 Å². The molecule has 0 radical (unpaired) electrons. The second-order valence-corrected chi connectivity index (χ2v) is 7.16. The van der Waals surface area contributed by atoms with E-state index in [1.165, 1.54) is 32.1 Å². The molecule has 0 atom stereocenters. The summed E-state index contributed by atoms with van der Waals surface area (Å²) in [5.74, 6) is 1.42. The first-order valence-corrected chi connectivity index (χ1v) is 9.67. The molecule has 0 saturated heterocycles. The Morgan fingerprint density at radius 1 is 1.23 bits per heavy atom. The molecule has 1 amide bonds. The van der Waals surface area contributed by atoms with Crippen molar-refractivity contribution < 1.29 is 9.53 Å². The van der Waals surface area contributed by atoms with Crippen LogP contribution in [0.2, 0.25) is 0 Å². The molecule has 0 spiro atoms. The van der Waals surface area contributed by atoms with Crippen LogP contribution in [0.25, 0.3) is 11.4 Å². The third kappa shape index (κ3) is 4.72. The number of carbonyl (C=O) groups is 1. The number of hydrogen-bond donors (Lipinski definition) is 2. The highest BCUT2D eigenvalue weighted by atomic mass is 32.1. The molecule has 0 aliphatic heterocycles. The third-order valence-corrected chi connectivity index (χ3v) is 5.19. The number of aromatic amines is 1. The van der Waals surface area contributed by atoms with Crippen LogP contribution in [0.4, 0.5) is 0 Å². The van der Waals surface area contributed by atoms with Crippen LogP contribution in [-0.4, -0.2) is 33.8 Å². The Morgan fingerprint density at radius 3 is 2.54 bits per heavy atom. The maximum Gasteiger partial charge on any atom is 0.240 e. The van der Waals surface area contributed by atoms with Gasteiger partial charge in [-0.05, 0) is 49.3 Å². The van der Waals surface area contributed by atoms with Crippen LogP contribution in [0.5, 0.6) is 5.75 Å². The zero-order valence-electron chi connectivity index (χ0n) is 15.2. The van der Waals surface area contributed by atoms with Crippen molar-refractivity contribution in [3.8, 4) is 17.1 Å². The number of H-pyrrole nitrogens is 1. The lowest BCUT2D eigenvalue weighted by Crippen LogP contribution is -2.37. The molecule has 1 fully saturated rings. The molecule has 1 aliphatic carbocycles. The quantitative estimate of drug-likeness (QED) is 0.780. The topological polar surface area (TPSA) is 71.9 Å². The van der Waals surface area contributed by atoms with Crippen LogP contribution in [0.3, 0.4) is 0 Å². The van der Waals surface area contributed by atoms with Gasteiger partial charge in [0, 0.05) is 11.6 Å². The van der Waals surface area contributed by atoms with E-state index in [1.807, 2.05) is 24.3 Å². The molecule has 3 rings (SSSR count). The molecule has 2 aromatic rings. The first kappa shape index (κ1) is 18.6. The van der Waals surface area contributed by atoms with Gasteiger partial charge in [0.1, 0.15) is 12.3 Å². The predicted molar refractivity (Wildman–Crippen MR) is 104 cm³/mol. The van der Waals surface area contributed by atoms with Crippen LogP contribution < -0.4 is 10.1 Å². The highest BCUT2D eigenvalue weighted by molar-refractivity contribution is 7.71. The molecule has 1 aromatic heterocycles. The lowest BCUT2D eigenvalue weighted by atomic mass is 9.97. The van der Waals surface area contributed by atoms with Gasteiger partial charge in [-0.1, -0.05) is 32.1 Å². The first-order valence-electron chi connectivity index (χ1n) is 9.26. The number of hydrogen-bond acceptors (Lipinski definition) is 4. The third-order valence-electron chi connectivity index (χ3n) is 4.88. The van der Waals surface area contributed by atoms with Crippen LogP contribution >= 0.6 is 12.2 Å². The summed E-state index contributed by atoms with van der Waals surface area (Å²) in [4.78, 5) is 12.6. The number of ether oxygens (including phenoxy) is 1. The van der Waals surface area contributed by atoms with Gasteiger partial charge in [0.25, 0.3) is 0 Å². The summed E-state index contributed by atoms with van der Waals surface area (Å²) in [6.07, 6.45) is 8.35. The molecule has 0 bridgehead atoms. The minimum absolute atomic E-state index is 0.0113. The van der Waals surface area contributed by atoms with Gasteiger partial charge < -0.3 is 10.1 Å². The lowest BCUT2D eigenvalue weighted by Gasteiger charge is -2.21. The Labute approximate surface area is 159 Å². The van der Waals surface area contributed by atoms with Crippen molar-refractivity contribution in [2.75, 3.05) is 7.11 Å². The first-order chi connectivity index (χ1) is 12.7. The van der Waals surface area contributed by atoms with Crippen LogP contribution in [0.15, 0.2) is 24.3 Å². The van der Waals surface area contributed by atoms with Crippen molar-refractivity contribution in [3.63, 3.8) is 0 Å². The normalized spacial score (nSPS) is 15.9. The second kappa shape index (κ2) is 8.98. The molecule has 7 heteroatoms. The largest absolute Gasteiger partial charge is 0.497 e. The maximum atomic E-state index is 12.6. The van der Waals surface area contributed by atoms with Gasteiger partial charge in [-0.15, -0.1) is 0 Å². The van der Waals surface area contributed by atoms with Crippen molar-refractivity contribution in [1.29, 1.82) is 0 Å². The molecule has 140 valence electrons. The van der Waals surface area contributed by atoms with Gasteiger partial charge in [-0.25, -0.2) is 0 Å². The summed E-state index contributed by atoms with van der Waals surface area (Å²) in [6.45, 7) is 0.174. The van der Waals surface area contributed by atoms with Gasteiger partial charge in [0.05, 0.1) is 7.11 Å². The summed E-state index contributed by atoms with van der Waals surface area (Å²) < 4.78 is 7.38. The van der Waals surface area contributed by atoms with Gasteiger partial charge in [-0.3, -0.25) is 14.5 Å². The average Bonchev–Trinajstić information content (AvgIpc) is 2.98. The molecule has 26 heavy (non-hydrogen) atoms. The summed E-state index contributed by atoms with van der Waals surface area (Å²) in [6, 6.07) is 7.83. The number of carbonyl (C=O) groups excluding carboxylic acids is 1. The summed E-state index contributed by atoms with van der Waals surface area (Å²) in [7, 11) is 1.63. The summed E-state index contributed by atoms with van der Waals surface area (Å²) in [5.41, 5.74) is 0.886. The van der Waals surface area contributed by atoms with E-state index in [0.717, 1.165) is 24.2 Å². The standard InChI is InChI=1S/C19H26N4O2S/c1-25-16-11-9-14(10-12-16)18-21-22-19(26)23(18)13-17(24)20-15-7-5-3-2-4-6-8-15/h9-12,15H,2-8,13H2,1H3,(H,20,24)(H,22,26). The molecule has 2 N–H and O–H groups in total. The van der Waals surface area contributed by atoms with Crippen molar-refractivity contribution >= 4 is 18.1 Å². The van der Waals surface area contributed by atoms with E-state index in [9.17, 15) is 4.79 Å². The second-order valence-electron chi connectivity index (χ2n) is 6.78. The number of methoxy groups -OCH3 is 1. The van der Waals surface area contributed by atoms with Crippen LogP contribution in [-0.2, 0) is 11.3 Å². The zero-order valence-corrected chi connectivity index (χ0v) is 16.0. The van der Waals surface area contributed by atoms with E-state index < -0.39 is 0 Å². The van der Waals surface area contributed by atoms with Crippen LogP contribution in [0.1, 0.15) is 44.9 Å². The molecular formula is C19H26N4O2S. The molecular weight excluding hydrogens is 348 g/mol. The fourth-order valence-electron chi connectivity index (χ4n) is 3.44. The van der Waals surface area contributed by atoms with Gasteiger partial charge >= 0.3 is 0 Å². The molecule has 6 nitrogen and oxygen atoms in total. The Hall–Kier alpha value is -2.15. The van der Waals surface area contributed by atoms with Crippen molar-refractivity contribution in [2.45, 2.75) is 57.5 Å². The molecule has 1 aromatic carbocycles. The summed E-state index contributed by atoms with van der Waals surface area (Å²) >= 11 is 5.32. The molecule has 1 saturated carbocycles. The zero-order chi connectivity index (χ0) is 18.4. The summed E-state index contributed by atoms with van der Waals surface area (Å²) in [5, 5.41) is 10.3. The minimum atomic E-state index is -0.0113.